The van der Waals surface area contributed by atoms with E-state index in [0.29, 0.717) is 17.0 Å². The summed E-state index contributed by atoms with van der Waals surface area (Å²) >= 11 is 0. The van der Waals surface area contributed by atoms with E-state index in [1.165, 1.54) is 0 Å². The van der Waals surface area contributed by atoms with Gasteiger partial charge >= 0.3 is 6.18 Å². The van der Waals surface area contributed by atoms with Crippen molar-refractivity contribution in [3.8, 4) is 0 Å². The lowest BCUT2D eigenvalue weighted by Gasteiger charge is -2.26. The van der Waals surface area contributed by atoms with E-state index >= 15 is 0 Å². The van der Waals surface area contributed by atoms with Gasteiger partial charge in [0.1, 0.15) is 30.2 Å². The second-order valence-electron chi connectivity index (χ2n) is 3.71. The number of halogens is 5. The molecule has 0 atom stereocenters. The quantitative estimate of drug-likeness (QED) is 0.665. The molecule has 0 bridgehead atoms. The SMILES string of the molecule is O=Cc1cc(F)c(N(CCO)CC(F)(F)F)c(F)c1. The molecule has 1 N–H and O–H groups in total. The highest BCUT2D eigenvalue weighted by Crippen LogP contribution is 2.27. The summed E-state index contributed by atoms with van der Waals surface area (Å²) in [4.78, 5) is 10.7. The number of hydrogen-bond donors (Lipinski definition) is 1. The Hall–Kier alpha value is -1.70. The number of nitrogens with zero attached hydrogens (tertiary/aromatic N) is 1. The van der Waals surface area contributed by atoms with Crippen molar-refractivity contribution in [3.63, 3.8) is 0 Å². The average Bonchev–Trinajstić information content (AvgIpc) is 2.26. The summed E-state index contributed by atoms with van der Waals surface area (Å²) in [7, 11) is 0. The number of alkyl halides is 3. The third kappa shape index (κ3) is 4.16. The highest BCUT2D eigenvalue weighted by Gasteiger charge is 2.32. The van der Waals surface area contributed by atoms with Crippen molar-refractivity contribution in [1.82, 2.24) is 0 Å². The Balaban J connectivity index is 3.19. The fraction of sp³-hybridized carbons (Fsp3) is 0.364. The number of rotatable bonds is 5. The van der Waals surface area contributed by atoms with Gasteiger partial charge in [0.2, 0.25) is 0 Å². The van der Waals surface area contributed by atoms with Crippen LogP contribution in [-0.4, -0.2) is 37.3 Å². The molecule has 19 heavy (non-hydrogen) atoms. The van der Waals surface area contributed by atoms with E-state index in [-0.39, 0.29) is 11.8 Å². The highest BCUT2D eigenvalue weighted by molar-refractivity contribution is 5.76. The van der Waals surface area contributed by atoms with Crippen LogP contribution in [0.3, 0.4) is 0 Å². The Kier molecular flexibility index (Phi) is 4.82. The van der Waals surface area contributed by atoms with Crippen molar-refractivity contribution >= 4 is 12.0 Å². The van der Waals surface area contributed by atoms with Crippen LogP contribution in [0.4, 0.5) is 27.6 Å². The summed E-state index contributed by atoms with van der Waals surface area (Å²) in [6, 6.07) is 1.26. The lowest BCUT2D eigenvalue weighted by Crippen LogP contribution is -2.37. The van der Waals surface area contributed by atoms with Gasteiger partial charge in [-0.3, -0.25) is 4.79 Å². The molecule has 1 aromatic rings. The molecular formula is C11H10F5NO2. The number of aldehydes is 1. The molecule has 0 saturated heterocycles. The minimum absolute atomic E-state index is 0.177. The van der Waals surface area contributed by atoms with Crippen LogP contribution in [0.2, 0.25) is 0 Å². The minimum Gasteiger partial charge on any atom is -0.395 e. The first-order chi connectivity index (χ1) is 8.78. The summed E-state index contributed by atoms with van der Waals surface area (Å²) in [5.74, 6) is -2.58. The number of aliphatic hydroxyl groups excluding tert-OH is 1. The molecule has 1 aromatic carbocycles. The fourth-order valence-corrected chi connectivity index (χ4v) is 1.56. The molecule has 0 saturated carbocycles. The lowest BCUT2D eigenvalue weighted by atomic mass is 10.2. The molecule has 0 aromatic heterocycles. The minimum atomic E-state index is -4.68. The molecule has 0 aliphatic rings. The van der Waals surface area contributed by atoms with Gasteiger partial charge in [-0.1, -0.05) is 0 Å². The third-order valence-corrected chi connectivity index (χ3v) is 2.23. The van der Waals surface area contributed by atoms with Crippen LogP contribution >= 0.6 is 0 Å². The van der Waals surface area contributed by atoms with E-state index in [1.54, 1.807) is 0 Å². The highest BCUT2D eigenvalue weighted by atomic mass is 19.4. The number of benzene rings is 1. The molecule has 0 unspecified atom stereocenters. The zero-order valence-corrected chi connectivity index (χ0v) is 9.55. The number of carbonyl (C=O) groups excluding carboxylic acids is 1. The maximum atomic E-state index is 13.6. The van der Waals surface area contributed by atoms with Crippen LogP contribution in [0.5, 0.6) is 0 Å². The van der Waals surface area contributed by atoms with Gasteiger partial charge in [-0.2, -0.15) is 13.2 Å². The lowest BCUT2D eigenvalue weighted by molar-refractivity contribution is -0.120. The Bertz CT molecular complexity index is 438. The van der Waals surface area contributed by atoms with Gasteiger partial charge in [-0.05, 0) is 12.1 Å². The summed E-state index contributed by atoms with van der Waals surface area (Å²) in [6.45, 7) is -2.90. The van der Waals surface area contributed by atoms with Gasteiger partial charge in [0.15, 0.2) is 0 Å². The maximum Gasteiger partial charge on any atom is 0.405 e. The maximum absolute atomic E-state index is 13.6. The molecule has 0 heterocycles. The summed E-state index contributed by atoms with van der Waals surface area (Å²) in [6.07, 6.45) is -4.51. The van der Waals surface area contributed by atoms with Crippen LogP contribution in [0.15, 0.2) is 12.1 Å². The Morgan fingerprint density at radius 3 is 2.11 bits per heavy atom. The van der Waals surface area contributed by atoms with E-state index < -0.39 is 43.2 Å². The Morgan fingerprint density at radius 2 is 1.74 bits per heavy atom. The zero-order chi connectivity index (χ0) is 14.6. The average molecular weight is 283 g/mol. The molecule has 0 fully saturated rings. The van der Waals surface area contributed by atoms with Crippen LogP contribution in [0.1, 0.15) is 10.4 Å². The van der Waals surface area contributed by atoms with Gasteiger partial charge in [-0.15, -0.1) is 0 Å². The number of aliphatic hydroxyl groups is 1. The summed E-state index contributed by atoms with van der Waals surface area (Å²) in [5.41, 5.74) is -1.24. The molecule has 1 rings (SSSR count). The summed E-state index contributed by atoms with van der Waals surface area (Å²) < 4.78 is 64.0. The molecule has 0 amide bonds. The van der Waals surface area contributed by atoms with Crippen LogP contribution in [0.25, 0.3) is 0 Å². The molecule has 0 radical (unpaired) electrons. The second kappa shape index (κ2) is 5.96. The summed E-state index contributed by atoms with van der Waals surface area (Å²) in [5, 5.41) is 8.67. The predicted molar refractivity (Wildman–Crippen MR) is 57.1 cm³/mol. The number of carbonyl (C=O) groups is 1. The van der Waals surface area contributed by atoms with E-state index in [0.717, 1.165) is 0 Å². The van der Waals surface area contributed by atoms with Gasteiger partial charge in [0, 0.05) is 12.1 Å². The van der Waals surface area contributed by atoms with Gasteiger partial charge in [0.05, 0.1) is 6.61 Å². The first kappa shape index (κ1) is 15.4. The molecular weight excluding hydrogens is 273 g/mol. The van der Waals surface area contributed by atoms with Gasteiger partial charge in [-0.25, -0.2) is 8.78 Å². The molecule has 0 spiro atoms. The molecule has 8 heteroatoms. The molecule has 0 aliphatic heterocycles. The van der Waals surface area contributed by atoms with Gasteiger partial charge in [0.25, 0.3) is 0 Å². The normalized spacial score (nSPS) is 11.5. The van der Waals surface area contributed by atoms with Crippen molar-refractivity contribution in [3.05, 3.63) is 29.3 Å². The first-order valence-corrected chi connectivity index (χ1v) is 5.15. The van der Waals surface area contributed by atoms with E-state index in [9.17, 15) is 26.7 Å². The van der Waals surface area contributed by atoms with Crippen LogP contribution in [-0.2, 0) is 0 Å². The van der Waals surface area contributed by atoms with Crippen molar-refractivity contribution < 1.29 is 31.9 Å². The molecule has 106 valence electrons. The van der Waals surface area contributed by atoms with E-state index in [2.05, 4.69) is 0 Å². The van der Waals surface area contributed by atoms with Crippen molar-refractivity contribution in [2.45, 2.75) is 6.18 Å². The van der Waals surface area contributed by atoms with Crippen molar-refractivity contribution in [1.29, 1.82) is 0 Å². The fourth-order valence-electron chi connectivity index (χ4n) is 1.56. The van der Waals surface area contributed by atoms with E-state index in [4.69, 9.17) is 5.11 Å². The standard InChI is InChI=1S/C11H10F5NO2/c12-8-3-7(5-19)4-9(13)10(8)17(1-2-18)6-11(14,15)16/h3-5,18H,1-2,6H2. The Morgan fingerprint density at radius 1 is 1.21 bits per heavy atom. The molecule has 0 aliphatic carbocycles. The van der Waals surface area contributed by atoms with Gasteiger partial charge < -0.3 is 10.0 Å². The van der Waals surface area contributed by atoms with Crippen molar-refractivity contribution in [2.24, 2.45) is 0 Å². The van der Waals surface area contributed by atoms with Crippen molar-refractivity contribution in [2.75, 3.05) is 24.6 Å². The largest absolute Gasteiger partial charge is 0.405 e. The second-order valence-corrected chi connectivity index (χ2v) is 3.71. The number of anilines is 1. The Labute approximate surface area is 105 Å². The van der Waals surface area contributed by atoms with Crippen LogP contribution in [0, 0.1) is 11.6 Å². The predicted octanol–water partition coefficient (Wildman–Crippen LogP) is 2.14. The third-order valence-electron chi connectivity index (χ3n) is 2.23. The molecule has 3 nitrogen and oxygen atoms in total. The van der Waals surface area contributed by atoms with Crippen LogP contribution < -0.4 is 4.90 Å². The number of hydrogen-bond acceptors (Lipinski definition) is 3. The van der Waals surface area contributed by atoms with E-state index in [1.807, 2.05) is 0 Å². The smallest absolute Gasteiger partial charge is 0.395 e. The monoisotopic (exact) mass is 283 g/mol. The topological polar surface area (TPSA) is 40.5 Å². The first-order valence-electron chi connectivity index (χ1n) is 5.15. The zero-order valence-electron chi connectivity index (χ0n) is 9.55.